The number of hydrogen-bond donors (Lipinski definition) is 0. The Morgan fingerprint density at radius 3 is 0.714 bits per heavy atom. The Morgan fingerprint density at radius 2 is 0.429 bits per heavy atom. The van der Waals surface area contributed by atoms with Crippen LogP contribution in [0.15, 0.2) is 169 Å². The number of rotatable bonds is 0. The summed E-state index contributed by atoms with van der Waals surface area (Å²) in [7, 11) is 0. The maximum atomic E-state index is 2.12. The first-order valence-corrected chi connectivity index (χ1v) is 9.40. The molecule has 0 unspecified atom stereocenters. The zero-order valence-electron chi connectivity index (χ0n) is 16.0. The molecule has 0 heteroatoms. The van der Waals surface area contributed by atoms with Gasteiger partial charge in [0.15, 0.2) is 0 Å². The number of fused-ring (bicyclic) bond motifs is 1. The maximum absolute atomic E-state index is 2.12. The molecule has 0 spiro atoms. The minimum Gasteiger partial charge on any atom is -0.0623 e. The maximum Gasteiger partial charge on any atom is -0.0184 e. The van der Waals surface area contributed by atoms with Crippen molar-refractivity contribution in [2.75, 3.05) is 0 Å². The van der Waals surface area contributed by atoms with Crippen molar-refractivity contribution in [3.05, 3.63) is 169 Å². The fraction of sp³-hybridized carbons (Fsp3) is 0. The highest BCUT2D eigenvalue weighted by Gasteiger charge is 1.96. The van der Waals surface area contributed by atoms with Gasteiger partial charge in [-0.15, -0.1) is 0 Å². The van der Waals surface area contributed by atoms with E-state index in [0.717, 1.165) is 11.1 Å². The SMILES string of the molecule is C1=CC=CC=CC=C2C=CC=CC=CC=CC=CC=CC=C2C=CC=CC=C1. The molecule has 138 valence electrons. The summed E-state index contributed by atoms with van der Waals surface area (Å²) in [5.41, 5.74) is 2.26. The van der Waals surface area contributed by atoms with Crippen molar-refractivity contribution in [3.63, 3.8) is 0 Å². The molecule has 0 saturated carbocycles. The second-order valence-electron chi connectivity index (χ2n) is 5.81. The van der Waals surface area contributed by atoms with E-state index in [1.54, 1.807) is 0 Å². The summed E-state index contributed by atoms with van der Waals surface area (Å²) in [6, 6.07) is 0. The fourth-order valence-electron chi connectivity index (χ4n) is 2.29. The topological polar surface area (TPSA) is 0 Å². The molecule has 0 bridgehead atoms. The zero-order valence-corrected chi connectivity index (χ0v) is 16.0. The standard InChI is InChI=1S/C28H26/c1-3-7-11-15-19-23-27-25-21-17-13-9-5-2-6-10-14-18-22-26-28(27)24-20-16-12-8-4-1/h1-26H. The van der Waals surface area contributed by atoms with Gasteiger partial charge in [-0.05, 0) is 11.1 Å². The Labute approximate surface area is 169 Å². The molecule has 0 aromatic heterocycles. The average molecular weight is 363 g/mol. The highest BCUT2D eigenvalue weighted by molar-refractivity contribution is 5.51. The third kappa shape index (κ3) is 9.74. The Bertz CT molecular complexity index is 814. The normalized spacial score (nSPS) is 17.4. The third-order valence-electron chi connectivity index (χ3n) is 3.66. The number of hydrogen-bond acceptors (Lipinski definition) is 0. The van der Waals surface area contributed by atoms with E-state index in [-0.39, 0.29) is 0 Å². The Hall–Kier alpha value is -3.64. The molecule has 2 aliphatic carbocycles. The smallest absolute Gasteiger partial charge is 0.0184 e. The second-order valence-corrected chi connectivity index (χ2v) is 5.81. The quantitative estimate of drug-likeness (QED) is 0.417. The molecule has 0 N–H and O–H groups in total. The highest BCUT2D eigenvalue weighted by atomic mass is 14.0. The zero-order chi connectivity index (χ0) is 19.5. The van der Waals surface area contributed by atoms with Crippen LogP contribution in [0, 0.1) is 0 Å². The summed E-state index contributed by atoms with van der Waals surface area (Å²) >= 11 is 0. The van der Waals surface area contributed by atoms with Crippen molar-refractivity contribution in [2.45, 2.75) is 0 Å². The lowest BCUT2D eigenvalue weighted by molar-refractivity contribution is 1.53. The van der Waals surface area contributed by atoms with Gasteiger partial charge in [0.1, 0.15) is 0 Å². The predicted molar refractivity (Wildman–Crippen MR) is 126 cm³/mol. The minimum absolute atomic E-state index is 1.13. The molecule has 0 aromatic carbocycles. The molecule has 0 heterocycles. The summed E-state index contributed by atoms with van der Waals surface area (Å²) in [4.78, 5) is 0. The average Bonchev–Trinajstić information content (AvgIpc) is 2.72. The first-order chi connectivity index (χ1) is 14.0. The summed E-state index contributed by atoms with van der Waals surface area (Å²) in [6.45, 7) is 0. The lowest BCUT2D eigenvalue weighted by Crippen LogP contribution is -1.83. The van der Waals surface area contributed by atoms with Gasteiger partial charge >= 0.3 is 0 Å². The van der Waals surface area contributed by atoms with Gasteiger partial charge < -0.3 is 0 Å². The molecule has 0 radical (unpaired) electrons. The van der Waals surface area contributed by atoms with E-state index in [4.69, 9.17) is 0 Å². The molecule has 2 aliphatic rings. The van der Waals surface area contributed by atoms with Crippen LogP contribution in [0.2, 0.25) is 0 Å². The van der Waals surface area contributed by atoms with Gasteiger partial charge in [-0.25, -0.2) is 0 Å². The summed E-state index contributed by atoms with van der Waals surface area (Å²) in [6.07, 6.45) is 53.1. The van der Waals surface area contributed by atoms with E-state index in [0.29, 0.717) is 0 Å². The van der Waals surface area contributed by atoms with E-state index >= 15 is 0 Å². The highest BCUT2D eigenvalue weighted by Crippen LogP contribution is 2.15. The molecule has 0 saturated heterocycles. The Morgan fingerprint density at radius 1 is 0.214 bits per heavy atom. The molecule has 0 aromatic rings. The Kier molecular flexibility index (Phi) is 10.7. The molecule has 0 atom stereocenters. The molecular formula is C28H26. The van der Waals surface area contributed by atoms with Gasteiger partial charge in [0.25, 0.3) is 0 Å². The second kappa shape index (κ2) is 14.5. The van der Waals surface area contributed by atoms with E-state index < -0.39 is 0 Å². The van der Waals surface area contributed by atoms with E-state index in [1.807, 2.05) is 109 Å². The van der Waals surface area contributed by atoms with Crippen molar-refractivity contribution in [2.24, 2.45) is 0 Å². The lowest BCUT2D eigenvalue weighted by Gasteiger charge is -2.02. The van der Waals surface area contributed by atoms with Crippen LogP contribution in [0.1, 0.15) is 0 Å². The van der Waals surface area contributed by atoms with Gasteiger partial charge in [-0.1, -0.05) is 158 Å². The largest absolute Gasteiger partial charge is 0.0623 e. The van der Waals surface area contributed by atoms with Crippen LogP contribution >= 0.6 is 0 Å². The van der Waals surface area contributed by atoms with Gasteiger partial charge in [-0.2, -0.15) is 0 Å². The van der Waals surface area contributed by atoms with Crippen LogP contribution in [0.5, 0.6) is 0 Å². The molecule has 2 rings (SSSR count). The Balaban J connectivity index is 2.44. The fourth-order valence-corrected chi connectivity index (χ4v) is 2.29. The van der Waals surface area contributed by atoms with Crippen molar-refractivity contribution >= 4 is 0 Å². The summed E-state index contributed by atoms with van der Waals surface area (Å²) in [5.74, 6) is 0. The first kappa shape index (κ1) is 20.7. The molecule has 0 amide bonds. The number of allylic oxidation sites excluding steroid dienone is 28. The molecule has 0 fully saturated rings. The minimum atomic E-state index is 1.13. The first-order valence-electron chi connectivity index (χ1n) is 9.40. The van der Waals surface area contributed by atoms with E-state index in [9.17, 15) is 0 Å². The van der Waals surface area contributed by atoms with Gasteiger partial charge in [0.2, 0.25) is 0 Å². The summed E-state index contributed by atoms with van der Waals surface area (Å²) < 4.78 is 0. The van der Waals surface area contributed by atoms with Crippen LogP contribution in [0.25, 0.3) is 0 Å². The third-order valence-corrected chi connectivity index (χ3v) is 3.66. The van der Waals surface area contributed by atoms with Gasteiger partial charge in [0.05, 0.1) is 0 Å². The van der Waals surface area contributed by atoms with Crippen LogP contribution < -0.4 is 0 Å². The van der Waals surface area contributed by atoms with Crippen LogP contribution in [0.4, 0.5) is 0 Å². The molecule has 0 aliphatic heterocycles. The van der Waals surface area contributed by atoms with Crippen molar-refractivity contribution in [3.8, 4) is 0 Å². The predicted octanol–water partition coefficient (Wildman–Crippen LogP) is 7.54. The molecule has 28 heavy (non-hydrogen) atoms. The van der Waals surface area contributed by atoms with Crippen molar-refractivity contribution in [1.82, 2.24) is 0 Å². The molecular weight excluding hydrogens is 336 g/mol. The van der Waals surface area contributed by atoms with E-state index in [2.05, 4.69) is 48.6 Å². The lowest BCUT2D eigenvalue weighted by atomic mass is 10.0. The van der Waals surface area contributed by atoms with Crippen LogP contribution in [0.3, 0.4) is 0 Å². The van der Waals surface area contributed by atoms with Gasteiger partial charge in [0, 0.05) is 0 Å². The van der Waals surface area contributed by atoms with E-state index in [1.165, 1.54) is 0 Å². The summed E-state index contributed by atoms with van der Waals surface area (Å²) in [5, 5.41) is 0. The molecule has 0 nitrogen and oxygen atoms in total. The van der Waals surface area contributed by atoms with Crippen LogP contribution in [-0.2, 0) is 0 Å². The van der Waals surface area contributed by atoms with Crippen LogP contribution in [-0.4, -0.2) is 0 Å². The van der Waals surface area contributed by atoms with Crippen molar-refractivity contribution in [1.29, 1.82) is 0 Å². The van der Waals surface area contributed by atoms with Gasteiger partial charge in [-0.3, -0.25) is 0 Å². The monoisotopic (exact) mass is 362 g/mol. The van der Waals surface area contributed by atoms with Crippen molar-refractivity contribution < 1.29 is 0 Å².